The summed E-state index contributed by atoms with van der Waals surface area (Å²) in [6.45, 7) is 5.79. The van der Waals surface area contributed by atoms with Gasteiger partial charge in [0.15, 0.2) is 11.5 Å². The van der Waals surface area contributed by atoms with Gasteiger partial charge in [-0.25, -0.2) is 0 Å². The van der Waals surface area contributed by atoms with Crippen molar-refractivity contribution in [1.29, 1.82) is 0 Å². The molecule has 2 amide bonds. The van der Waals surface area contributed by atoms with Crippen LogP contribution in [-0.2, 0) is 9.59 Å². The van der Waals surface area contributed by atoms with Gasteiger partial charge >= 0.3 is 0 Å². The number of likely N-dealkylation sites (tertiary alicyclic amines) is 1. The number of hydrogen-bond acceptors (Lipinski definition) is 5. The lowest BCUT2D eigenvalue weighted by Crippen LogP contribution is -2.44. The summed E-state index contributed by atoms with van der Waals surface area (Å²) in [6.07, 6.45) is 5.80. The maximum absolute atomic E-state index is 12.7. The molecule has 2 aliphatic rings. The Hall–Kier alpha value is -2.28. The predicted octanol–water partition coefficient (Wildman–Crippen LogP) is 2.51. The fourth-order valence-electron chi connectivity index (χ4n) is 3.59. The van der Waals surface area contributed by atoms with E-state index in [1.54, 1.807) is 18.2 Å². The molecule has 2 heterocycles. The van der Waals surface area contributed by atoms with Gasteiger partial charge in [0.1, 0.15) is 13.2 Å². The third-order valence-corrected chi connectivity index (χ3v) is 5.21. The molecule has 0 bridgehead atoms. The minimum Gasteiger partial charge on any atom is -0.486 e. The van der Waals surface area contributed by atoms with Gasteiger partial charge in [-0.15, -0.1) is 0 Å². The molecule has 28 heavy (non-hydrogen) atoms. The van der Waals surface area contributed by atoms with Gasteiger partial charge in [0, 0.05) is 24.8 Å². The van der Waals surface area contributed by atoms with E-state index < -0.39 is 0 Å². The van der Waals surface area contributed by atoms with Crippen LogP contribution >= 0.6 is 0 Å². The first-order valence-electron chi connectivity index (χ1n) is 10.4. The highest BCUT2D eigenvalue weighted by Gasteiger charge is 2.19. The van der Waals surface area contributed by atoms with Crippen LogP contribution in [0.4, 0.5) is 5.69 Å². The fraction of sp³-hybridized carbons (Fsp3) is 0.619. The number of nitrogens with zero attached hydrogens (tertiary/aromatic N) is 2. The second-order valence-corrected chi connectivity index (χ2v) is 7.36. The van der Waals surface area contributed by atoms with E-state index in [2.05, 4.69) is 5.32 Å². The molecule has 7 heteroatoms. The van der Waals surface area contributed by atoms with Crippen LogP contribution in [0.2, 0.25) is 0 Å². The number of rotatable bonds is 6. The largest absolute Gasteiger partial charge is 0.486 e. The number of amides is 2. The number of carbonyl (C=O) groups is 2. The van der Waals surface area contributed by atoms with Crippen LogP contribution in [0, 0.1) is 0 Å². The Morgan fingerprint density at radius 3 is 2.39 bits per heavy atom. The fourth-order valence-corrected chi connectivity index (χ4v) is 3.59. The molecule has 0 aliphatic carbocycles. The van der Waals surface area contributed by atoms with Crippen LogP contribution in [0.5, 0.6) is 11.5 Å². The lowest BCUT2D eigenvalue weighted by Gasteiger charge is -2.28. The van der Waals surface area contributed by atoms with Crippen LogP contribution in [0.15, 0.2) is 18.2 Å². The third kappa shape index (κ3) is 5.86. The molecule has 0 saturated carbocycles. The van der Waals surface area contributed by atoms with Crippen LogP contribution < -0.4 is 14.8 Å². The summed E-state index contributed by atoms with van der Waals surface area (Å²) in [7, 11) is 0. The molecule has 154 valence electrons. The number of likely N-dealkylation sites (N-methyl/N-ethyl adjacent to an activating group) is 1. The number of ether oxygens (including phenoxy) is 2. The molecule has 7 nitrogen and oxygen atoms in total. The maximum Gasteiger partial charge on any atom is 0.238 e. The van der Waals surface area contributed by atoms with Crippen molar-refractivity contribution in [3.63, 3.8) is 0 Å². The third-order valence-electron chi connectivity index (χ3n) is 5.21. The van der Waals surface area contributed by atoms with E-state index in [1.807, 2.05) is 16.7 Å². The highest BCUT2D eigenvalue weighted by molar-refractivity contribution is 5.93. The van der Waals surface area contributed by atoms with E-state index in [4.69, 9.17) is 9.47 Å². The van der Waals surface area contributed by atoms with Crippen molar-refractivity contribution < 1.29 is 19.1 Å². The Kier molecular flexibility index (Phi) is 7.54. The summed E-state index contributed by atoms with van der Waals surface area (Å²) >= 11 is 0. The van der Waals surface area contributed by atoms with Crippen molar-refractivity contribution in [3.8, 4) is 11.5 Å². The molecule has 0 spiro atoms. The van der Waals surface area contributed by atoms with Crippen molar-refractivity contribution in [2.75, 3.05) is 51.3 Å². The van der Waals surface area contributed by atoms with Crippen molar-refractivity contribution in [2.45, 2.75) is 39.0 Å². The maximum atomic E-state index is 12.7. The van der Waals surface area contributed by atoms with E-state index in [9.17, 15) is 9.59 Å². The van der Waals surface area contributed by atoms with E-state index in [0.717, 1.165) is 25.9 Å². The zero-order valence-corrected chi connectivity index (χ0v) is 16.7. The number of anilines is 1. The summed E-state index contributed by atoms with van der Waals surface area (Å²) in [5, 5.41) is 2.89. The van der Waals surface area contributed by atoms with Gasteiger partial charge in [-0.3, -0.25) is 14.5 Å². The minimum atomic E-state index is -0.140. The molecule has 0 aromatic heterocycles. The normalized spacial score (nSPS) is 17.0. The first kappa shape index (κ1) is 20.5. The first-order chi connectivity index (χ1) is 13.7. The molecular weight excluding hydrogens is 358 g/mol. The van der Waals surface area contributed by atoms with Crippen LogP contribution in [-0.4, -0.2) is 67.6 Å². The average Bonchev–Trinajstić information content (AvgIpc) is 2.67. The van der Waals surface area contributed by atoms with Gasteiger partial charge in [-0.05, 0) is 31.5 Å². The van der Waals surface area contributed by atoms with Crippen molar-refractivity contribution >= 4 is 17.5 Å². The van der Waals surface area contributed by atoms with Crippen LogP contribution in [0.3, 0.4) is 0 Å². The highest BCUT2D eigenvalue weighted by Crippen LogP contribution is 2.32. The SMILES string of the molecule is CCN(CC(=O)Nc1ccc2c(c1)OCCO2)CC(=O)N1CCCCCCC1. The van der Waals surface area contributed by atoms with E-state index in [1.165, 1.54) is 19.3 Å². The zero-order valence-electron chi connectivity index (χ0n) is 16.7. The Bertz CT molecular complexity index is 672. The van der Waals surface area contributed by atoms with E-state index in [0.29, 0.717) is 36.9 Å². The number of fused-ring (bicyclic) bond motifs is 1. The van der Waals surface area contributed by atoms with Crippen LogP contribution in [0.1, 0.15) is 39.0 Å². The Morgan fingerprint density at radius 2 is 1.68 bits per heavy atom. The lowest BCUT2D eigenvalue weighted by molar-refractivity contribution is -0.133. The topological polar surface area (TPSA) is 71.1 Å². The predicted molar refractivity (Wildman–Crippen MR) is 108 cm³/mol. The van der Waals surface area contributed by atoms with Crippen LogP contribution in [0.25, 0.3) is 0 Å². The molecule has 0 unspecified atom stereocenters. The molecule has 1 aromatic rings. The Labute approximate surface area is 167 Å². The second kappa shape index (κ2) is 10.3. The monoisotopic (exact) mass is 389 g/mol. The number of benzene rings is 1. The quantitative estimate of drug-likeness (QED) is 0.810. The van der Waals surface area contributed by atoms with Gasteiger partial charge in [0.2, 0.25) is 11.8 Å². The molecule has 1 fully saturated rings. The molecule has 0 atom stereocenters. The van der Waals surface area contributed by atoms with Crippen molar-refractivity contribution in [2.24, 2.45) is 0 Å². The number of hydrogen-bond donors (Lipinski definition) is 1. The molecule has 2 aliphatic heterocycles. The molecule has 0 radical (unpaired) electrons. The molecular formula is C21H31N3O4. The second-order valence-electron chi connectivity index (χ2n) is 7.36. The Morgan fingerprint density at radius 1 is 1.00 bits per heavy atom. The van der Waals surface area contributed by atoms with E-state index in [-0.39, 0.29) is 24.9 Å². The van der Waals surface area contributed by atoms with Gasteiger partial charge in [0.05, 0.1) is 13.1 Å². The molecule has 3 rings (SSSR count). The van der Waals surface area contributed by atoms with Crippen molar-refractivity contribution in [1.82, 2.24) is 9.80 Å². The van der Waals surface area contributed by atoms with Gasteiger partial charge < -0.3 is 19.7 Å². The summed E-state index contributed by atoms with van der Waals surface area (Å²) in [6, 6.07) is 5.37. The summed E-state index contributed by atoms with van der Waals surface area (Å²) in [4.78, 5) is 29.0. The number of nitrogens with one attached hydrogen (secondary N) is 1. The van der Waals surface area contributed by atoms with Gasteiger partial charge in [0.25, 0.3) is 0 Å². The lowest BCUT2D eigenvalue weighted by atomic mass is 10.1. The number of carbonyl (C=O) groups excluding carboxylic acids is 2. The smallest absolute Gasteiger partial charge is 0.238 e. The Balaban J connectivity index is 1.50. The van der Waals surface area contributed by atoms with E-state index >= 15 is 0 Å². The van der Waals surface area contributed by atoms with Crippen molar-refractivity contribution in [3.05, 3.63) is 18.2 Å². The van der Waals surface area contributed by atoms with Gasteiger partial charge in [-0.1, -0.05) is 26.2 Å². The highest BCUT2D eigenvalue weighted by atomic mass is 16.6. The average molecular weight is 389 g/mol. The molecule has 1 saturated heterocycles. The summed E-state index contributed by atoms with van der Waals surface area (Å²) < 4.78 is 11.0. The zero-order chi connectivity index (χ0) is 19.8. The minimum absolute atomic E-state index is 0.121. The standard InChI is InChI=1S/C21H31N3O4/c1-2-23(16-21(26)24-10-6-4-3-5-7-11-24)15-20(25)22-17-8-9-18-19(14-17)28-13-12-27-18/h8-9,14H,2-7,10-13,15-16H2,1H3,(H,22,25). The molecule has 1 N–H and O–H groups in total. The summed E-state index contributed by atoms with van der Waals surface area (Å²) in [5.74, 6) is 1.32. The van der Waals surface area contributed by atoms with Gasteiger partial charge in [-0.2, -0.15) is 0 Å². The summed E-state index contributed by atoms with van der Waals surface area (Å²) in [5.41, 5.74) is 0.667. The first-order valence-corrected chi connectivity index (χ1v) is 10.4. The molecule has 1 aromatic carbocycles.